The molecule has 0 unspecified atom stereocenters. The van der Waals surface area contributed by atoms with Gasteiger partial charge < -0.3 is 10.3 Å². The molecule has 5 nitrogen and oxygen atoms in total. The molecule has 2 N–H and O–H groups in total. The highest BCUT2D eigenvalue weighted by molar-refractivity contribution is 5.74. The number of para-hydroxylation sites is 2. The quantitative estimate of drug-likeness (QED) is 0.646. The standard InChI is InChI=1S/C24H29N5/c1-2-10-21-20(9-1)27-23(28-21)17-29(15-12-18-6-4-13-25-16-18)22-11-3-7-19-8-5-14-26-24(19)22/h1-2,5,8-10,12,14,22,25H,3-4,6-7,11,13,15-17H2,(H,27,28)/t22-/m0/s1. The van der Waals surface area contributed by atoms with E-state index >= 15 is 0 Å². The van der Waals surface area contributed by atoms with E-state index in [0.29, 0.717) is 6.04 Å². The number of H-pyrrole nitrogens is 1. The number of rotatable bonds is 5. The Bertz CT molecular complexity index is 964. The highest BCUT2D eigenvalue weighted by atomic mass is 15.2. The van der Waals surface area contributed by atoms with E-state index in [2.05, 4.69) is 51.6 Å². The van der Waals surface area contributed by atoms with Gasteiger partial charge in [0.15, 0.2) is 0 Å². The molecule has 1 aliphatic heterocycles. The number of piperidine rings is 1. The molecule has 1 aromatic carbocycles. The molecule has 5 heteroatoms. The summed E-state index contributed by atoms with van der Waals surface area (Å²) in [7, 11) is 0. The van der Waals surface area contributed by atoms with Crippen LogP contribution in [0.3, 0.4) is 0 Å². The van der Waals surface area contributed by atoms with Crippen LogP contribution in [0.15, 0.2) is 54.2 Å². The number of benzene rings is 1. The van der Waals surface area contributed by atoms with Gasteiger partial charge in [-0.15, -0.1) is 0 Å². The van der Waals surface area contributed by atoms with Crippen LogP contribution in [0.25, 0.3) is 11.0 Å². The third-order valence-electron chi connectivity index (χ3n) is 6.22. The molecule has 1 saturated heterocycles. The van der Waals surface area contributed by atoms with Crippen molar-refractivity contribution in [2.45, 2.75) is 44.7 Å². The Hall–Kier alpha value is -2.50. The van der Waals surface area contributed by atoms with Gasteiger partial charge in [-0.05, 0) is 62.4 Å². The van der Waals surface area contributed by atoms with Gasteiger partial charge in [0, 0.05) is 19.3 Å². The van der Waals surface area contributed by atoms with Gasteiger partial charge >= 0.3 is 0 Å². The highest BCUT2D eigenvalue weighted by Crippen LogP contribution is 2.33. The minimum absolute atomic E-state index is 0.349. The normalized spacial score (nSPS) is 21.0. The van der Waals surface area contributed by atoms with E-state index in [-0.39, 0.29) is 0 Å². The first-order chi connectivity index (χ1) is 14.4. The largest absolute Gasteiger partial charge is 0.341 e. The first-order valence-corrected chi connectivity index (χ1v) is 10.9. The van der Waals surface area contributed by atoms with Crippen molar-refractivity contribution in [1.82, 2.24) is 25.2 Å². The van der Waals surface area contributed by atoms with E-state index in [1.165, 1.54) is 36.1 Å². The van der Waals surface area contributed by atoms with E-state index in [1.54, 1.807) is 0 Å². The number of aromatic amines is 1. The zero-order valence-corrected chi connectivity index (χ0v) is 16.9. The molecule has 0 amide bonds. The maximum Gasteiger partial charge on any atom is 0.121 e. The summed E-state index contributed by atoms with van der Waals surface area (Å²) in [6, 6.07) is 13.0. The van der Waals surface area contributed by atoms with Crippen molar-refractivity contribution in [2.24, 2.45) is 0 Å². The molecule has 0 saturated carbocycles. The van der Waals surface area contributed by atoms with E-state index in [9.17, 15) is 0 Å². The lowest BCUT2D eigenvalue weighted by molar-refractivity contribution is 0.181. The Morgan fingerprint density at radius 2 is 2.07 bits per heavy atom. The van der Waals surface area contributed by atoms with Gasteiger partial charge in [-0.1, -0.05) is 29.8 Å². The molecule has 0 radical (unpaired) electrons. The maximum atomic E-state index is 4.85. The molecule has 1 atom stereocenters. The molecule has 29 heavy (non-hydrogen) atoms. The van der Waals surface area contributed by atoms with E-state index in [4.69, 9.17) is 9.97 Å². The summed E-state index contributed by atoms with van der Waals surface area (Å²) < 4.78 is 0. The molecule has 3 aromatic rings. The van der Waals surface area contributed by atoms with Gasteiger partial charge in [-0.3, -0.25) is 9.88 Å². The van der Waals surface area contributed by atoms with E-state index in [1.807, 2.05) is 12.3 Å². The van der Waals surface area contributed by atoms with Crippen LogP contribution >= 0.6 is 0 Å². The fourth-order valence-electron chi connectivity index (χ4n) is 4.71. The Morgan fingerprint density at radius 3 is 2.97 bits per heavy atom. The van der Waals surface area contributed by atoms with Crippen LogP contribution in [-0.4, -0.2) is 39.5 Å². The van der Waals surface area contributed by atoms with E-state index in [0.717, 1.165) is 55.9 Å². The Balaban J connectivity index is 1.44. The molecule has 5 rings (SSSR count). The Morgan fingerprint density at radius 1 is 1.10 bits per heavy atom. The molecule has 1 fully saturated rings. The summed E-state index contributed by atoms with van der Waals surface area (Å²) >= 11 is 0. The second-order valence-corrected chi connectivity index (χ2v) is 8.23. The molecule has 0 bridgehead atoms. The maximum absolute atomic E-state index is 4.85. The number of aryl methyl sites for hydroxylation is 1. The number of nitrogens with zero attached hydrogens (tertiary/aromatic N) is 3. The van der Waals surface area contributed by atoms with Crippen LogP contribution < -0.4 is 5.32 Å². The molecular formula is C24H29N5. The first-order valence-electron chi connectivity index (χ1n) is 10.9. The third kappa shape index (κ3) is 4.11. The summed E-state index contributed by atoms with van der Waals surface area (Å²) in [5, 5.41) is 3.50. The van der Waals surface area contributed by atoms with Crippen molar-refractivity contribution in [3.8, 4) is 0 Å². The molecule has 1 aliphatic carbocycles. The molecular weight excluding hydrogens is 358 g/mol. The average molecular weight is 388 g/mol. The second-order valence-electron chi connectivity index (χ2n) is 8.23. The van der Waals surface area contributed by atoms with Crippen molar-refractivity contribution in [3.63, 3.8) is 0 Å². The lowest BCUT2D eigenvalue weighted by Gasteiger charge is -2.34. The Labute approximate surface area is 172 Å². The van der Waals surface area contributed by atoms with Gasteiger partial charge in [-0.2, -0.15) is 0 Å². The fourth-order valence-corrected chi connectivity index (χ4v) is 4.71. The average Bonchev–Trinajstić information content (AvgIpc) is 3.19. The summed E-state index contributed by atoms with van der Waals surface area (Å²) in [6.07, 6.45) is 10.4. The van der Waals surface area contributed by atoms with Gasteiger partial charge in [0.05, 0.1) is 29.3 Å². The minimum Gasteiger partial charge on any atom is -0.341 e. The molecule has 2 aromatic heterocycles. The van der Waals surface area contributed by atoms with Crippen LogP contribution in [0, 0.1) is 0 Å². The smallest absolute Gasteiger partial charge is 0.121 e. The predicted molar refractivity (Wildman–Crippen MR) is 117 cm³/mol. The number of hydrogen-bond donors (Lipinski definition) is 2. The van der Waals surface area contributed by atoms with Crippen LogP contribution in [0.4, 0.5) is 0 Å². The van der Waals surface area contributed by atoms with Crippen LogP contribution in [0.2, 0.25) is 0 Å². The lowest BCUT2D eigenvalue weighted by atomic mass is 9.90. The highest BCUT2D eigenvalue weighted by Gasteiger charge is 2.27. The molecule has 150 valence electrons. The summed E-state index contributed by atoms with van der Waals surface area (Å²) in [5.41, 5.74) is 6.35. The molecule has 3 heterocycles. The first kappa shape index (κ1) is 18.5. The SMILES string of the molecule is C(CN(Cc1nc2ccccc2[nH]1)[C@H]1CCCc2cccnc21)=C1CCCNC1. The topological polar surface area (TPSA) is 56.8 Å². The second kappa shape index (κ2) is 8.47. The predicted octanol–water partition coefficient (Wildman–Crippen LogP) is 4.15. The number of imidazole rings is 1. The fraction of sp³-hybridized carbons (Fsp3) is 0.417. The van der Waals surface area contributed by atoms with Gasteiger partial charge in [0.1, 0.15) is 5.82 Å². The number of fused-ring (bicyclic) bond motifs is 2. The lowest BCUT2D eigenvalue weighted by Crippen LogP contribution is -2.33. The zero-order valence-electron chi connectivity index (χ0n) is 16.9. The molecule has 0 spiro atoms. The summed E-state index contributed by atoms with van der Waals surface area (Å²) in [5.74, 6) is 1.04. The van der Waals surface area contributed by atoms with Crippen molar-refractivity contribution in [2.75, 3.05) is 19.6 Å². The van der Waals surface area contributed by atoms with Gasteiger partial charge in [0.25, 0.3) is 0 Å². The number of nitrogens with one attached hydrogen (secondary N) is 2. The number of hydrogen-bond acceptors (Lipinski definition) is 4. The number of pyridine rings is 1. The monoisotopic (exact) mass is 387 g/mol. The Kier molecular flexibility index (Phi) is 5.41. The van der Waals surface area contributed by atoms with Crippen molar-refractivity contribution >= 4 is 11.0 Å². The van der Waals surface area contributed by atoms with Gasteiger partial charge in [-0.25, -0.2) is 4.98 Å². The van der Waals surface area contributed by atoms with Gasteiger partial charge in [0.2, 0.25) is 0 Å². The summed E-state index contributed by atoms with van der Waals surface area (Å²) in [6.45, 7) is 3.92. The van der Waals surface area contributed by atoms with Crippen molar-refractivity contribution in [3.05, 3.63) is 71.3 Å². The third-order valence-corrected chi connectivity index (χ3v) is 6.22. The zero-order chi connectivity index (χ0) is 19.5. The van der Waals surface area contributed by atoms with Crippen molar-refractivity contribution < 1.29 is 0 Å². The van der Waals surface area contributed by atoms with Crippen LogP contribution in [-0.2, 0) is 13.0 Å². The molecule has 2 aliphatic rings. The van der Waals surface area contributed by atoms with Crippen LogP contribution in [0.1, 0.15) is 48.8 Å². The van der Waals surface area contributed by atoms with Crippen molar-refractivity contribution in [1.29, 1.82) is 0 Å². The van der Waals surface area contributed by atoms with E-state index < -0.39 is 0 Å². The summed E-state index contributed by atoms with van der Waals surface area (Å²) in [4.78, 5) is 15.7. The van der Waals surface area contributed by atoms with Crippen LogP contribution in [0.5, 0.6) is 0 Å². The number of aromatic nitrogens is 3. The minimum atomic E-state index is 0.349.